The second kappa shape index (κ2) is 10.5. The number of carboxylic acid groups (broad SMARTS) is 1. The summed E-state index contributed by atoms with van der Waals surface area (Å²) in [5.74, 6) is -1.77. The normalized spacial score (nSPS) is 12.3. The van der Waals surface area contributed by atoms with E-state index < -0.39 is 20.7 Å². The molecular weight excluding hydrogens is 294 g/mol. The van der Waals surface area contributed by atoms with Gasteiger partial charge in [-0.15, -0.1) is 0 Å². The number of carbonyl (C=O) groups excluding carboxylic acids is 1. The third-order valence-corrected chi connectivity index (χ3v) is 5.41. The Morgan fingerprint density at radius 1 is 1.05 bits per heavy atom. The highest BCUT2D eigenvalue weighted by molar-refractivity contribution is 6.74. The van der Waals surface area contributed by atoms with Crippen molar-refractivity contribution in [2.75, 3.05) is 26.4 Å². The lowest BCUT2D eigenvalue weighted by molar-refractivity contribution is -0.133. The van der Waals surface area contributed by atoms with Gasteiger partial charge in [0.2, 0.25) is 5.91 Å². The van der Waals surface area contributed by atoms with Crippen LogP contribution in [0.15, 0.2) is 11.3 Å². The molecule has 7 nitrogen and oxygen atoms in total. The molecule has 0 fully saturated rings. The Labute approximate surface area is 126 Å². The van der Waals surface area contributed by atoms with E-state index in [4.69, 9.17) is 13.3 Å². The van der Waals surface area contributed by atoms with E-state index >= 15 is 0 Å². The minimum absolute atomic E-state index is 0.230. The average molecular weight is 319 g/mol. The van der Waals surface area contributed by atoms with Gasteiger partial charge in [0.05, 0.1) is 0 Å². The average Bonchev–Trinajstić information content (AvgIpc) is 2.42. The number of aliphatic carboxylic acids is 1. The molecule has 8 heteroatoms. The molecule has 2 N–H and O–H groups in total. The summed E-state index contributed by atoms with van der Waals surface area (Å²) in [5.41, 5.74) is 0. The van der Waals surface area contributed by atoms with Gasteiger partial charge in [-0.3, -0.25) is 4.79 Å². The van der Waals surface area contributed by atoms with E-state index in [0.29, 0.717) is 6.54 Å². The number of rotatable bonds is 11. The summed E-state index contributed by atoms with van der Waals surface area (Å²) in [7, 11) is -3.59. The summed E-state index contributed by atoms with van der Waals surface area (Å²) in [6.07, 6.45) is 1.76. The van der Waals surface area contributed by atoms with Crippen molar-refractivity contribution >= 4 is 20.7 Å². The third kappa shape index (κ3) is 6.38. The Balaban J connectivity index is 5.53. The fraction of sp³-hybridized carbons (Fsp3) is 0.692. The molecule has 0 radical (unpaired) electrons. The van der Waals surface area contributed by atoms with Crippen LogP contribution in [0.4, 0.5) is 0 Å². The molecule has 0 unspecified atom stereocenters. The minimum atomic E-state index is -3.59. The van der Waals surface area contributed by atoms with Gasteiger partial charge in [0, 0.05) is 32.4 Å². The maximum atomic E-state index is 11.8. The van der Waals surface area contributed by atoms with E-state index in [0.717, 1.165) is 12.5 Å². The number of nitrogens with one attached hydrogen (secondary N) is 1. The lowest BCUT2D eigenvalue weighted by Crippen LogP contribution is -2.51. The van der Waals surface area contributed by atoms with Gasteiger partial charge in [-0.25, -0.2) is 4.79 Å². The summed E-state index contributed by atoms with van der Waals surface area (Å²) >= 11 is 0. The van der Waals surface area contributed by atoms with Crippen LogP contribution in [0, 0.1) is 0 Å². The van der Waals surface area contributed by atoms with Crippen LogP contribution in [0.1, 0.15) is 34.1 Å². The van der Waals surface area contributed by atoms with E-state index in [-0.39, 0.29) is 25.0 Å². The zero-order valence-electron chi connectivity index (χ0n) is 13.1. The van der Waals surface area contributed by atoms with Gasteiger partial charge in [-0.05, 0) is 27.2 Å². The molecule has 0 aliphatic heterocycles. The molecule has 0 aliphatic carbocycles. The van der Waals surface area contributed by atoms with Crippen LogP contribution in [-0.2, 0) is 22.9 Å². The van der Waals surface area contributed by atoms with Crippen molar-refractivity contribution in [3.63, 3.8) is 0 Å². The minimum Gasteiger partial charge on any atom is -0.478 e. The maximum absolute atomic E-state index is 11.8. The van der Waals surface area contributed by atoms with E-state index in [9.17, 15) is 14.7 Å². The Kier molecular flexibility index (Phi) is 9.88. The van der Waals surface area contributed by atoms with Crippen LogP contribution in [0.2, 0.25) is 0 Å². The highest BCUT2D eigenvalue weighted by Crippen LogP contribution is 2.21. The molecule has 0 aliphatic rings. The summed E-state index contributed by atoms with van der Waals surface area (Å²) in [6, 6.07) is 0. The first-order chi connectivity index (χ1) is 9.97. The fourth-order valence-corrected chi connectivity index (χ4v) is 4.07. The van der Waals surface area contributed by atoms with Crippen LogP contribution >= 0.6 is 0 Å². The topological polar surface area (TPSA) is 94.1 Å². The molecular formula is C13H25NO6Si. The SMILES string of the molecule is CCCNC(=O)C=C(C(=O)O)[Si](OCC)(OCC)OCC. The van der Waals surface area contributed by atoms with Gasteiger partial charge in [-0.1, -0.05) is 6.92 Å². The second-order valence-electron chi connectivity index (χ2n) is 4.01. The standard InChI is InChI=1S/C13H25NO6Si/c1-5-9-14-12(15)10-11(13(16)17)21(18-6-2,19-7-3)20-8-4/h10H,5-9H2,1-4H3,(H,14,15)(H,16,17). The molecule has 0 heterocycles. The van der Waals surface area contributed by atoms with Gasteiger partial charge in [-0.2, -0.15) is 0 Å². The van der Waals surface area contributed by atoms with E-state index in [2.05, 4.69) is 5.32 Å². The fourth-order valence-electron chi connectivity index (χ4n) is 1.64. The van der Waals surface area contributed by atoms with E-state index in [1.807, 2.05) is 6.92 Å². The van der Waals surface area contributed by atoms with Crippen molar-refractivity contribution in [1.29, 1.82) is 0 Å². The van der Waals surface area contributed by atoms with Gasteiger partial charge in [0.15, 0.2) is 0 Å². The second-order valence-corrected chi connectivity index (χ2v) is 6.53. The highest BCUT2D eigenvalue weighted by atomic mass is 28.4. The smallest absolute Gasteiger partial charge is 0.478 e. The molecule has 1 amide bonds. The Hall–Kier alpha value is -1.22. The van der Waals surface area contributed by atoms with Crippen molar-refractivity contribution in [1.82, 2.24) is 5.32 Å². The van der Waals surface area contributed by atoms with Crippen LogP contribution in [0.25, 0.3) is 0 Å². The van der Waals surface area contributed by atoms with Crippen molar-refractivity contribution in [3.05, 3.63) is 11.3 Å². The largest absolute Gasteiger partial charge is 0.544 e. The number of carboxylic acids is 1. The molecule has 0 aromatic rings. The summed E-state index contributed by atoms with van der Waals surface area (Å²) in [4.78, 5) is 23.3. The van der Waals surface area contributed by atoms with Gasteiger partial charge >= 0.3 is 14.8 Å². The molecule has 0 atom stereocenters. The zero-order chi connectivity index (χ0) is 16.3. The Morgan fingerprint density at radius 2 is 1.52 bits per heavy atom. The van der Waals surface area contributed by atoms with Gasteiger partial charge in [0.25, 0.3) is 0 Å². The summed E-state index contributed by atoms with van der Waals surface area (Å²) in [5, 5.41) is 11.8. The Bertz CT molecular complexity index is 355. The number of carbonyl (C=O) groups is 2. The first kappa shape index (κ1) is 19.8. The Morgan fingerprint density at radius 3 is 1.86 bits per heavy atom. The van der Waals surface area contributed by atoms with Crippen molar-refractivity contribution in [3.8, 4) is 0 Å². The van der Waals surface area contributed by atoms with Crippen LogP contribution < -0.4 is 5.32 Å². The number of hydrogen-bond donors (Lipinski definition) is 2. The lowest BCUT2D eigenvalue weighted by Gasteiger charge is -2.28. The van der Waals surface area contributed by atoms with Gasteiger partial charge in [0.1, 0.15) is 5.20 Å². The summed E-state index contributed by atoms with van der Waals surface area (Å²) in [6.45, 7) is 8.22. The predicted molar refractivity (Wildman–Crippen MR) is 79.7 cm³/mol. The number of hydrogen-bond acceptors (Lipinski definition) is 5. The van der Waals surface area contributed by atoms with Crippen LogP contribution in [0.3, 0.4) is 0 Å². The van der Waals surface area contributed by atoms with Crippen molar-refractivity contribution in [2.45, 2.75) is 34.1 Å². The first-order valence-electron chi connectivity index (χ1n) is 7.12. The first-order valence-corrected chi connectivity index (χ1v) is 8.84. The third-order valence-electron chi connectivity index (χ3n) is 2.39. The molecule has 0 aromatic heterocycles. The molecule has 0 spiro atoms. The monoisotopic (exact) mass is 319 g/mol. The molecule has 21 heavy (non-hydrogen) atoms. The quantitative estimate of drug-likeness (QED) is 0.438. The van der Waals surface area contributed by atoms with Crippen molar-refractivity contribution < 1.29 is 28.0 Å². The van der Waals surface area contributed by atoms with Gasteiger partial charge < -0.3 is 23.7 Å². The molecule has 0 saturated carbocycles. The molecule has 0 rings (SSSR count). The molecule has 0 saturated heterocycles. The van der Waals surface area contributed by atoms with E-state index in [1.165, 1.54) is 0 Å². The zero-order valence-corrected chi connectivity index (χ0v) is 14.1. The highest BCUT2D eigenvalue weighted by Gasteiger charge is 2.49. The molecule has 0 aromatic carbocycles. The van der Waals surface area contributed by atoms with Crippen LogP contribution in [0.5, 0.6) is 0 Å². The lowest BCUT2D eigenvalue weighted by atomic mass is 10.4. The number of amides is 1. The van der Waals surface area contributed by atoms with Crippen molar-refractivity contribution in [2.24, 2.45) is 0 Å². The molecule has 122 valence electrons. The van der Waals surface area contributed by atoms with E-state index in [1.54, 1.807) is 20.8 Å². The molecule has 0 bridgehead atoms. The van der Waals surface area contributed by atoms with Crippen LogP contribution in [-0.4, -0.2) is 52.2 Å². The maximum Gasteiger partial charge on any atom is 0.544 e. The predicted octanol–water partition coefficient (Wildman–Crippen LogP) is 1.11. The summed E-state index contributed by atoms with van der Waals surface area (Å²) < 4.78 is 16.5.